The molecule has 3 N–H and O–H groups in total. The number of carbonyl (C=O) groups is 1. The highest BCUT2D eigenvalue weighted by Crippen LogP contribution is 2.41. The van der Waals surface area contributed by atoms with Crippen LogP contribution in [-0.2, 0) is 11.2 Å². The Hall–Kier alpha value is -1.42. The number of aryl methyl sites for hydroxylation is 1. The Labute approximate surface area is 125 Å². The van der Waals surface area contributed by atoms with Gasteiger partial charge in [0.25, 0.3) is 0 Å². The zero-order chi connectivity index (χ0) is 14.6. The molecule has 0 aromatic heterocycles. The molecule has 1 fully saturated rings. The number of nitrogens with two attached hydrogens (primary N) is 1. The second-order valence-electron chi connectivity index (χ2n) is 5.70. The van der Waals surface area contributed by atoms with Crippen molar-refractivity contribution < 1.29 is 4.79 Å². The van der Waals surface area contributed by atoms with E-state index in [1.54, 1.807) is 0 Å². The summed E-state index contributed by atoms with van der Waals surface area (Å²) >= 11 is 5.07. The van der Waals surface area contributed by atoms with E-state index in [0.29, 0.717) is 4.99 Å². The summed E-state index contributed by atoms with van der Waals surface area (Å²) in [6.45, 7) is 2.03. The maximum atomic E-state index is 12.3. The average Bonchev–Trinajstić information content (AvgIpc) is 2.35. The highest BCUT2D eigenvalue weighted by atomic mass is 32.1. The Balaban J connectivity index is 1.84. The summed E-state index contributed by atoms with van der Waals surface area (Å²) < 4.78 is 0. The summed E-state index contributed by atoms with van der Waals surface area (Å²) in [5.74, 6) is 0.0109. The Morgan fingerprint density at radius 1 is 1.40 bits per heavy atom. The molecule has 1 amide bonds. The second-order valence-corrected chi connectivity index (χ2v) is 6.14. The molecule has 4 heteroatoms. The van der Waals surface area contributed by atoms with E-state index in [9.17, 15) is 4.79 Å². The molecule has 0 radical (unpaired) electrons. The molecular formula is C16H22N2OS. The normalized spacial score (nSPS) is 17.9. The molecule has 3 nitrogen and oxygen atoms in total. The van der Waals surface area contributed by atoms with Crippen LogP contribution < -0.4 is 11.1 Å². The van der Waals surface area contributed by atoms with Crippen LogP contribution in [0.15, 0.2) is 30.3 Å². The summed E-state index contributed by atoms with van der Waals surface area (Å²) in [5.41, 5.74) is 6.46. The van der Waals surface area contributed by atoms with E-state index in [2.05, 4.69) is 17.4 Å². The van der Waals surface area contributed by atoms with Crippen LogP contribution in [-0.4, -0.2) is 16.9 Å². The van der Waals surface area contributed by atoms with Gasteiger partial charge >= 0.3 is 0 Å². The third-order valence-corrected chi connectivity index (χ3v) is 4.59. The van der Waals surface area contributed by atoms with Crippen molar-refractivity contribution >= 4 is 23.1 Å². The lowest BCUT2D eigenvalue weighted by Gasteiger charge is -2.39. The lowest BCUT2D eigenvalue weighted by atomic mass is 9.68. The van der Waals surface area contributed by atoms with Crippen LogP contribution in [0, 0.1) is 5.41 Å². The zero-order valence-electron chi connectivity index (χ0n) is 11.9. The third-order valence-electron chi connectivity index (χ3n) is 4.20. The van der Waals surface area contributed by atoms with E-state index in [0.717, 1.165) is 32.1 Å². The maximum Gasteiger partial charge on any atom is 0.233 e. The number of thiocarbonyl (C=S) groups is 1. The van der Waals surface area contributed by atoms with Gasteiger partial charge in [0.1, 0.15) is 0 Å². The predicted molar refractivity (Wildman–Crippen MR) is 85.4 cm³/mol. The summed E-state index contributed by atoms with van der Waals surface area (Å²) in [6, 6.07) is 10.4. The van der Waals surface area contributed by atoms with Crippen molar-refractivity contribution in [2.24, 2.45) is 11.1 Å². The topological polar surface area (TPSA) is 55.1 Å². The fourth-order valence-corrected chi connectivity index (χ4v) is 2.87. The van der Waals surface area contributed by atoms with Crippen molar-refractivity contribution in [2.45, 2.75) is 45.1 Å². The molecular weight excluding hydrogens is 268 g/mol. The molecule has 0 bridgehead atoms. The summed E-state index contributed by atoms with van der Waals surface area (Å²) in [5, 5.41) is 3.07. The molecule has 108 valence electrons. The van der Waals surface area contributed by atoms with Crippen LogP contribution in [0.3, 0.4) is 0 Å². The van der Waals surface area contributed by atoms with Gasteiger partial charge in [-0.25, -0.2) is 0 Å². The van der Waals surface area contributed by atoms with Crippen LogP contribution in [0.4, 0.5) is 0 Å². The van der Waals surface area contributed by atoms with Crippen molar-refractivity contribution in [2.75, 3.05) is 0 Å². The maximum absolute atomic E-state index is 12.3. The average molecular weight is 290 g/mol. The van der Waals surface area contributed by atoms with Crippen LogP contribution in [0.25, 0.3) is 0 Å². The van der Waals surface area contributed by atoms with Crippen LogP contribution in [0.5, 0.6) is 0 Å². The van der Waals surface area contributed by atoms with Gasteiger partial charge in [-0.05, 0) is 38.2 Å². The summed E-state index contributed by atoms with van der Waals surface area (Å²) in [7, 11) is 0. The first-order valence-electron chi connectivity index (χ1n) is 7.19. The first-order valence-corrected chi connectivity index (χ1v) is 7.60. The fraction of sp³-hybridized carbons (Fsp3) is 0.500. The second kappa shape index (κ2) is 6.35. The highest BCUT2D eigenvalue weighted by molar-refractivity contribution is 7.80. The van der Waals surface area contributed by atoms with Gasteiger partial charge in [0.2, 0.25) is 5.91 Å². The molecule has 0 saturated heterocycles. The SMILES string of the molecule is CC(CCc1ccccc1)NC(=O)C1(C(N)=S)CCC1. The van der Waals surface area contributed by atoms with Crippen molar-refractivity contribution in [1.82, 2.24) is 5.32 Å². The molecule has 1 aromatic carbocycles. The Bertz CT molecular complexity index is 483. The van der Waals surface area contributed by atoms with Crippen LogP contribution in [0.1, 0.15) is 38.2 Å². The molecule has 1 aliphatic rings. The van der Waals surface area contributed by atoms with Crippen molar-refractivity contribution in [3.8, 4) is 0 Å². The molecule has 1 atom stereocenters. The molecule has 0 spiro atoms. The van der Waals surface area contributed by atoms with Crippen molar-refractivity contribution in [1.29, 1.82) is 0 Å². The molecule has 1 unspecified atom stereocenters. The Morgan fingerprint density at radius 3 is 2.55 bits per heavy atom. The van der Waals surface area contributed by atoms with Gasteiger partial charge < -0.3 is 11.1 Å². The van der Waals surface area contributed by atoms with Gasteiger partial charge in [0, 0.05) is 6.04 Å². The molecule has 0 aliphatic heterocycles. The first-order chi connectivity index (χ1) is 9.54. The number of rotatable bonds is 6. The number of amides is 1. The minimum Gasteiger partial charge on any atom is -0.392 e. The minimum atomic E-state index is -0.573. The first kappa shape index (κ1) is 15.0. The summed E-state index contributed by atoms with van der Waals surface area (Å²) in [6.07, 6.45) is 4.49. The van der Waals surface area contributed by atoms with Crippen LogP contribution >= 0.6 is 12.2 Å². The smallest absolute Gasteiger partial charge is 0.233 e. The summed E-state index contributed by atoms with van der Waals surface area (Å²) in [4.78, 5) is 12.7. The number of benzene rings is 1. The van der Waals surface area contributed by atoms with Crippen LogP contribution in [0.2, 0.25) is 0 Å². The predicted octanol–water partition coefficient (Wildman–Crippen LogP) is 2.58. The lowest BCUT2D eigenvalue weighted by molar-refractivity contribution is -0.131. The zero-order valence-corrected chi connectivity index (χ0v) is 12.7. The molecule has 20 heavy (non-hydrogen) atoms. The van der Waals surface area contributed by atoms with Gasteiger partial charge in [0.05, 0.1) is 10.4 Å². The van der Waals surface area contributed by atoms with Gasteiger partial charge in [-0.3, -0.25) is 4.79 Å². The van der Waals surface area contributed by atoms with Crippen molar-refractivity contribution in [3.05, 3.63) is 35.9 Å². The Kier molecular flexibility index (Phi) is 4.76. The lowest BCUT2D eigenvalue weighted by Crippen LogP contribution is -2.54. The highest BCUT2D eigenvalue weighted by Gasteiger charge is 2.47. The number of hydrogen-bond acceptors (Lipinski definition) is 2. The fourth-order valence-electron chi connectivity index (χ4n) is 2.58. The molecule has 1 aromatic rings. The monoisotopic (exact) mass is 290 g/mol. The third kappa shape index (κ3) is 3.18. The van der Waals surface area contributed by atoms with Crippen molar-refractivity contribution in [3.63, 3.8) is 0 Å². The number of carbonyl (C=O) groups excluding carboxylic acids is 1. The standard InChI is InChI=1S/C16H22N2OS/c1-12(8-9-13-6-3-2-4-7-13)18-15(19)16(14(17)20)10-5-11-16/h2-4,6-7,12H,5,8-11H2,1H3,(H2,17,20)(H,18,19). The molecule has 1 saturated carbocycles. The van der Waals surface area contributed by atoms with E-state index in [1.807, 2.05) is 25.1 Å². The van der Waals surface area contributed by atoms with Gasteiger partial charge in [0.15, 0.2) is 0 Å². The van der Waals surface area contributed by atoms with Gasteiger partial charge in [-0.15, -0.1) is 0 Å². The largest absolute Gasteiger partial charge is 0.392 e. The van der Waals surface area contributed by atoms with E-state index >= 15 is 0 Å². The number of hydrogen-bond donors (Lipinski definition) is 2. The Morgan fingerprint density at radius 2 is 2.05 bits per heavy atom. The van der Waals surface area contributed by atoms with E-state index in [-0.39, 0.29) is 11.9 Å². The van der Waals surface area contributed by atoms with E-state index in [1.165, 1.54) is 5.56 Å². The molecule has 1 aliphatic carbocycles. The van der Waals surface area contributed by atoms with E-state index < -0.39 is 5.41 Å². The van der Waals surface area contributed by atoms with Gasteiger partial charge in [-0.2, -0.15) is 0 Å². The number of nitrogens with one attached hydrogen (secondary N) is 1. The van der Waals surface area contributed by atoms with E-state index in [4.69, 9.17) is 18.0 Å². The van der Waals surface area contributed by atoms with Gasteiger partial charge in [-0.1, -0.05) is 49.0 Å². The quantitative estimate of drug-likeness (QED) is 0.792. The molecule has 2 rings (SSSR count). The minimum absolute atomic E-state index is 0.0109. The molecule has 0 heterocycles.